The van der Waals surface area contributed by atoms with E-state index in [4.69, 9.17) is 14.2 Å². The molecule has 1 aliphatic carbocycles. The van der Waals surface area contributed by atoms with Crippen LogP contribution in [0.5, 0.6) is 0 Å². The van der Waals surface area contributed by atoms with Crippen LogP contribution < -0.4 is 0 Å². The first-order valence-corrected chi connectivity index (χ1v) is 7.48. The molecule has 2 aliphatic heterocycles. The predicted octanol–water partition coefficient (Wildman–Crippen LogP) is 2.27. The summed E-state index contributed by atoms with van der Waals surface area (Å²) >= 11 is 0. The van der Waals surface area contributed by atoms with E-state index in [9.17, 15) is 9.59 Å². The third-order valence-corrected chi connectivity index (χ3v) is 4.58. The van der Waals surface area contributed by atoms with Gasteiger partial charge in [-0.1, -0.05) is 31.2 Å². The molecule has 0 radical (unpaired) electrons. The molecular formula is C17H16O5. The largest absolute Gasteiger partial charge is 0.462 e. The van der Waals surface area contributed by atoms with Crippen LogP contribution in [0.3, 0.4) is 0 Å². The Hall–Kier alpha value is -2.30. The third kappa shape index (κ3) is 2.00. The van der Waals surface area contributed by atoms with Gasteiger partial charge < -0.3 is 14.2 Å². The van der Waals surface area contributed by atoms with Crippen LogP contribution in [0.15, 0.2) is 36.1 Å². The van der Waals surface area contributed by atoms with Crippen molar-refractivity contribution in [3.8, 4) is 0 Å². The highest BCUT2D eigenvalue weighted by Crippen LogP contribution is 2.47. The summed E-state index contributed by atoms with van der Waals surface area (Å²) in [6.07, 6.45) is 1.87. The minimum atomic E-state index is -0.606. The van der Waals surface area contributed by atoms with Crippen LogP contribution in [0.1, 0.15) is 30.6 Å². The fraction of sp³-hybridized carbons (Fsp3) is 0.412. The van der Waals surface area contributed by atoms with Crippen LogP contribution in [0.4, 0.5) is 0 Å². The van der Waals surface area contributed by atoms with Crippen molar-refractivity contribution in [1.82, 2.24) is 0 Å². The highest BCUT2D eigenvalue weighted by atomic mass is 16.7. The minimum absolute atomic E-state index is 0.0144. The van der Waals surface area contributed by atoms with Gasteiger partial charge in [-0.3, -0.25) is 4.79 Å². The van der Waals surface area contributed by atoms with Crippen LogP contribution in [0.2, 0.25) is 0 Å². The van der Waals surface area contributed by atoms with E-state index in [0.29, 0.717) is 12.0 Å². The third-order valence-electron chi connectivity index (χ3n) is 4.58. The Balaban J connectivity index is 1.53. The van der Waals surface area contributed by atoms with Crippen molar-refractivity contribution in [2.75, 3.05) is 0 Å². The summed E-state index contributed by atoms with van der Waals surface area (Å²) in [4.78, 5) is 23.4. The molecule has 5 heteroatoms. The summed E-state index contributed by atoms with van der Waals surface area (Å²) in [5.74, 6) is -0.785. The Kier molecular flexibility index (Phi) is 2.96. The summed E-state index contributed by atoms with van der Waals surface area (Å²) in [7, 11) is 0. The number of carbonyl (C=O) groups is 2. The quantitative estimate of drug-likeness (QED) is 0.476. The van der Waals surface area contributed by atoms with Gasteiger partial charge in [0.15, 0.2) is 0 Å². The number of fused-ring (bicyclic) bond motifs is 3. The molecule has 114 valence electrons. The Bertz CT molecular complexity index is 677. The molecule has 1 aromatic carbocycles. The van der Waals surface area contributed by atoms with Crippen molar-refractivity contribution in [1.29, 1.82) is 0 Å². The molecule has 0 N–H and O–H groups in total. The lowest BCUT2D eigenvalue weighted by Crippen LogP contribution is -2.11. The van der Waals surface area contributed by atoms with Crippen molar-refractivity contribution < 1.29 is 23.8 Å². The number of benzene rings is 1. The summed E-state index contributed by atoms with van der Waals surface area (Å²) in [5, 5.41) is 0. The summed E-state index contributed by atoms with van der Waals surface area (Å²) < 4.78 is 16.1. The molecule has 2 saturated heterocycles. The zero-order chi connectivity index (χ0) is 15.3. The number of rotatable bonds is 2. The van der Waals surface area contributed by atoms with E-state index in [1.165, 1.54) is 11.8 Å². The van der Waals surface area contributed by atoms with E-state index in [2.05, 4.69) is 6.07 Å². The molecule has 2 fully saturated rings. The molecule has 5 nitrogen and oxygen atoms in total. The molecule has 3 aliphatic rings. The van der Waals surface area contributed by atoms with Gasteiger partial charge in [0.2, 0.25) is 6.29 Å². The fourth-order valence-electron chi connectivity index (χ4n) is 3.36. The van der Waals surface area contributed by atoms with Crippen molar-refractivity contribution in [2.45, 2.75) is 32.2 Å². The van der Waals surface area contributed by atoms with E-state index in [-0.39, 0.29) is 29.9 Å². The van der Waals surface area contributed by atoms with Gasteiger partial charge in [0.25, 0.3) is 0 Å². The molecule has 4 atom stereocenters. The van der Waals surface area contributed by atoms with Crippen molar-refractivity contribution >= 4 is 11.9 Å². The second-order valence-electron chi connectivity index (χ2n) is 6.05. The molecule has 0 amide bonds. The fourth-order valence-corrected chi connectivity index (χ4v) is 3.36. The van der Waals surface area contributed by atoms with Crippen molar-refractivity contribution in [3.63, 3.8) is 0 Å². The lowest BCUT2D eigenvalue weighted by Gasteiger charge is -2.10. The van der Waals surface area contributed by atoms with Crippen LogP contribution in [-0.4, -0.2) is 18.2 Å². The highest BCUT2D eigenvalue weighted by molar-refractivity contribution is 5.92. The Morgan fingerprint density at radius 3 is 2.82 bits per heavy atom. The van der Waals surface area contributed by atoms with Gasteiger partial charge in [0.1, 0.15) is 6.10 Å². The Labute approximate surface area is 127 Å². The van der Waals surface area contributed by atoms with Gasteiger partial charge in [-0.25, -0.2) is 4.79 Å². The van der Waals surface area contributed by atoms with Gasteiger partial charge in [-0.05, 0) is 17.5 Å². The van der Waals surface area contributed by atoms with Gasteiger partial charge in [-0.15, -0.1) is 0 Å². The molecule has 3 unspecified atom stereocenters. The SMILES string of the molecule is CC1C[C@H](O/C=C2/C(=O)OC3c4ccccc4CC23)OC1=O. The van der Waals surface area contributed by atoms with Crippen molar-refractivity contribution in [2.24, 2.45) is 11.8 Å². The van der Waals surface area contributed by atoms with Gasteiger partial charge in [-0.2, -0.15) is 0 Å². The van der Waals surface area contributed by atoms with E-state index < -0.39 is 6.29 Å². The average Bonchev–Trinajstić information content (AvgIpc) is 3.10. The molecule has 0 bridgehead atoms. The zero-order valence-electron chi connectivity index (χ0n) is 12.2. The first kappa shape index (κ1) is 13.4. The number of hydrogen-bond acceptors (Lipinski definition) is 5. The smallest absolute Gasteiger partial charge is 0.338 e. The van der Waals surface area contributed by atoms with Crippen LogP contribution in [0, 0.1) is 11.8 Å². The van der Waals surface area contributed by atoms with E-state index in [1.54, 1.807) is 6.92 Å². The monoisotopic (exact) mass is 300 g/mol. The minimum Gasteiger partial charge on any atom is -0.462 e. The van der Waals surface area contributed by atoms with Crippen molar-refractivity contribution in [3.05, 3.63) is 47.2 Å². The first-order valence-electron chi connectivity index (χ1n) is 7.48. The molecule has 1 aromatic rings. The second-order valence-corrected chi connectivity index (χ2v) is 6.05. The van der Waals surface area contributed by atoms with E-state index in [1.807, 2.05) is 18.2 Å². The maximum atomic E-state index is 12.1. The molecule has 0 aromatic heterocycles. The zero-order valence-corrected chi connectivity index (χ0v) is 12.2. The summed E-state index contributed by atoms with van der Waals surface area (Å²) in [6, 6.07) is 7.99. The maximum Gasteiger partial charge on any atom is 0.338 e. The molecule has 22 heavy (non-hydrogen) atoms. The second kappa shape index (κ2) is 4.87. The van der Waals surface area contributed by atoms with Gasteiger partial charge in [0, 0.05) is 12.3 Å². The highest BCUT2D eigenvalue weighted by Gasteiger charge is 2.46. The predicted molar refractivity (Wildman–Crippen MR) is 75.3 cm³/mol. The number of cyclic esters (lactones) is 1. The summed E-state index contributed by atoms with van der Waals surface area (Å²) in [5.41, 5.74) is 2.80. The Morgan fingerprint density at radius 2 is 2.05 bits per heavy atom. The normalized spacial score (nSPS) is 34.3. The number of carbonyl (C=O) groups excluding carboxylic acids is 2. The molecule has 0 saturated carbocycles. The van der Waals surface area contributed by atoms with E-state index >= 15 is 0 Å². The summed E-state index contributed by atoms with van der Waals surface area (Å²) in [6.45, 7) is 1.80. The van der Waals surface area contributed by atoms with Gasteiger partial charge in [0.05, 0.1) is 17.8 Å². The van der Waals surface area contributed by atoms with Crippen LogP contribution >= 0.6 is 0 Å². The maximum absolute atomic E-state index is 12.1. The molecular weight excluding hydrogens is 284 g/mol. The van der Waals surface area contributed by atoms with E-state index in [0.717, 1.165) is 12.0 Å². The lowest BCUT2D eigenvalue weighted by molar-refractivity contribution is -0.156. The number of esters is 2. The Morgan fingerprint density at radius 1 is 1.23 bits per heavy atom. The first-order chi connectivity index (χ1) is 10.6. The molecule has 0 spiro atoms. The average molecular weight is 300 g/mol. The standard InChI is InChI=1S/C17H16O5/c1-9-6-14(21-16(9)18)20-8-13-12-7-10-4-2-3-5-11(10)15(12)22-17(13)19/h2-5,8-9,12,14-15H,6-7H2,1H3/b13-8+/t9?,12?,14-,15?/m1/s1. The number of ether oxygens (including phenoxy) is 3. The number of hydrogen-bond donors (Lipinski definition) is 0. The molecule has 4 rings (SSSR count). The van der Waals surface area contributed by atoms with Crippen LogP contribution in [-0.2, 0) is 30.2 Å². The van der Waals surface area contributed by atoms with Crippen LogP contribution in [0.25, 0.3) is 0 Å². The lowest BCUT2D eigenvalue weighted by atomic mass is 9.98. The van der Waals surface area contributed by atoms with Gasteiger partial charge >= 0.3 is 11.9 Å². The molecule has 2 heterocycles. The topological polar surface area (TPSA) is 61.8 Å².